The third-order valence-electron chi connectivity index (χ3n) is 5.03. The van der Waals surface area contributed by atoms with Crippen LogP contribution in [0.2, 0.25) is 0 Å². The molecule has 0 aliphatic rings. The molecule has 1 heterocycles. The summed E-state index contributed by atoms with van der Waals surface area (Å²) in [7, 11) is 0. The van der Waals surface area contributed by atoms with Gasteiger partial charge in [0.05, 0.1) is 16.7 Å². The lowest BCUT2D eigenvalue weighted by atomic mass is 9.98. The molecule has 33 heavy (non-hydrogen) atoms. The summed E-state index contributed by atoms with van der Waals surface area (Å²) >= 11 is 3.48. The number of amidine groups is 1. The Morgan fingerprint density at radius 2 is 1.91 bits per heavy atom. The first-order chi connectivity index (χ1) is 15.8. The molecule has 0 amide bonds. The molecule has 0 saturated heterocycles. The van der Waals surface area contributed by atoms with E-state index in [2.05, 4.69) is 31.4 Å². The van der Waals surface area contributed by atoms with Crippen LogP contribution < -0.4 is 9.47 Å². The Morgan fingerprint density at radius 3 is 2.58 bits per heavy atom. The van der Waals surface area contributed by atoms with Crippen LogP contribution in [0.5, 0.6) is 11.6 Å². The predicted molar refractivity (Wildman–Crippen MR) is 127 cm³/mol. The van der Waals surface area contributed by atoms with Crippen LogP contribution in [0, 0.1) is 24.8 Å². The maximum atomic E-state index is 13.5. The first-order valence-electron chi connectivity index (χ1n) is 10.2. The number of aromatic amines is 1. The Labute approximate surface area is 200 Å². The number of nitrogens with one attached hydrogen (secondary N) is 3. The van der Waals surface area contributed by atoms with E-state index in [9.17, 15) is 4.79 Å². The summed E-state index contributed by atoms with van der Waals surface area (Å²) in [6.45, 7) is 5.84. The molecule has 3 aromatic rings. The molecule has 9 nitrogen and oxygen atoms in total. The average molecular weight is 513 g/mol. The number of nitrogens with zero attached hydrogens (tertiary/aromatic N) is 3. The number of hydrogen-bond acceptors (Lipinski definition) is 7. The van der Waals surface area contributed by atoms with Crippen molar-refractivity contribution in [3.63, 3.8) is 0 Å². The number of aromatic nitrogens is 2. The van der Waals surface area contributed by atoms with Gasteiger partial charge in [0.15, 0.2) is 0 Å². The molecule has 0 unspecified atom stereocenters. The van der Waals surface area contributed by atoms with Crippen molar-refractivity contribution in [1.82, 2.24) is 15.2 Å². The molecule has 0 atom stereocenters. The van der Waals surface area contributed by atoms with Crippen LogP contribution >= 0.6 is 15.9 Å². The summed E-state index contributed by atoms with van der Waals surface area (Å²) in [4.78, 5) is 13.5. The van der Waals surface area contributed by atoms with Gasteiger partial charge in [0.1, 0.15) is 30.4 Å². The van der Waals surface area contributed by atoms with E-state index in [1.54, 1.807) is 26.0 Å². The quantitative estimate of drug-likeness (QED) is 0.113. The molecule has 2 aromatic carbocycles. The second kappa shape index (κ2) is 10.9. The fourth-order valence-corrected chi connectivity index (χ4v) is 3.80. The number of H-pyrrole nitrogens is 1. The minimum absolute atomic E-state index is 0.145. The molecule has 0 fully saturated rings. The summed E-state index contributed by atoms with van der Waals surface area (Å²) in [5.74, 6) is 0.755. The highest BCUT2D eigenvalue weighted by atomic mass is 79.9. The molecule has 0 saturated carbocycles. The minimum Gasteiger partial charge on any atom is -0.490 e. The van der Waals surface area contributed by atoms with Gasteiger partial charge in [-0.25, -0.2) is 10.1 Å². The smallest absolute Gasteiger partial charge is 0.221 e. The van der Waals surface area contributed by atoms with Crippen molar-refractivity contribution < 1.29 is 14.3 Å². The van der Waals surface area contributed by atoms with Crippen molar-refractivity contribution in [1.29, 1.82) is 10.9 Å². The fraction of sp³-hybridized carbons (Fsp3) is 0.261. The lowest BCUT2D eigenvalue weighted by molar-refractivity contribution is 0.103. The molecule has 172 valence electrons. The molecule has 0 aliphatic heterocycles. The van der Waals surface area contributed by atoms with Gasteiger partial charge in [-0.3, -0.25) is 10.2 Å². The lowest BCUT2D eigenvalue weighted by Gasteiger charge is -2.18. The minimum atomic E-state index is -0.225. The first kappa shape index (κ1) is 24.1. The van der Waals surface area contributed by atoms with Gasteiger partial charge in [0, 0.05) is 11.1 Å². The van der Waals surface area contributed by atoms with Crippen LogP contribution in [0.3, 0.4) is 0 Å². The van der Waals surface area contributed by atoms with Crippen molar-refractivity contribution in [2.24, 2.45) is 5.22 Å². The maximum absolute atomic E-state index is 13.5. The number of hydrogen-bond donors (Lipinski definition) is 3. The normalized spacial score (nSPS) is 10.5. The number of benzene rings is 2. The Kier molecular flexibility index (Phi) is 7.94. The molecule has 0 radical (unpaired) electrons. The van der Waals surface area contributed by atoms with Crippen molar-refractivity contribution in [2.45, 2.75) is 27.4 Å². The van der Waals surface area contributed by atoms with Crippen LogP contribution in [-0.2, 0) is 6.61 Å². The third kappa shape index (κ3) is 5.64. The molecule has 0 spiro atoms. The summed E-state index contributed by atoms with van der Waals surface area (Å²) in [6.07, 6.45) is 0. The molecular formula is C23H25BrN6O3. The number of ketones is 1. The molecule has 0 bridgehead atoms. The van der Waals surface area contributed by atoms with Gasteiger partial charge in [0.25, 0.3) is 0 Å². The van der Waals surface area contributed by atoms with Crippen LogP contribution in [0.1, 0.15) is 39.7 Å². The van der Waals surface area contributed by atoms with Gasteiger partial charge < -0.3 is 9.47 Å². The van der Waals surface area contributed by atoms with Gasteiger partial charge in [-0.2, -0.15) is 10.6 Å². The van der Waals surface area contributed by atoms with Crippen LogP contribution in [0.25, 0.3) is 0 Å². The van der Waals surface area contributed by atoms with Crippen LogP contribution in [0.15, 0.2) is 52.2 Å². The molecular weight excluding hydrogens is 488 g/mol. The summed E-state index contributed by atoms with van der Waals surface area (Å²) in [6, 6.07) is 13.2. The average Bonchev–Trinajstić information content (AvgIpc) is 3.17. The first-order valence-corrected chi connectivity index (χ1v) is 11.0. The SMILES string of the molecule is CC(=N)N(CCOc1c(Br)ccc(C(=O)c2c(C)n[nH]c2OCc2ccccc2)c1C)N=N. The van der Waals surface area contributed by atoms with Crippen LogP contribution in [0.4, 0.5) is 0 Å². The van der Waals surface area contributed by atoms with Gasteiger partial charge in [-0.1, -0.05) is 35.6 Å². The van der Waals surface area contributed by atoms with E-state index < -0.39 is 0 Å². The van der Waals surface area contributed by atoms with E-state index >= 15 is 0 Å². The van der Waals surface area contributed by atoms with Crippen LogP contribution in [-0.4, -0.2) is 40.0 Å². The zero-order chi connectivity index (χ0) is 24.0. The van der Waals surface area contributed by atoms with Gasteiger partial charge in [0.2, 0.25) is 11.7 Å². The van der Waals surface area contributed by atoms with E-state index in [-0.39, 0.29) is 24.8 Å². The summed E-state index contributed by atoms with van der Waals surface area (Å²) < 4.78 is 12.5. The van der Waals surface area contributed by atoms with Crippen molar-refractivity contribution >= 4 is 27.5 Å². The number of aryl methyl sites for hydroxylation is 1. The zero-order valence-corrected chi connectivity index (χ0v) is 20.2. The van der Waals surface area contributed by atoms with Crippen molar-refractivity contribution in [3.8, 4) is 11.6 Å². The van der Waals surface area contributed by atoms with Gasteiger partial charge >= 0.3 is 0 Å². The monoisotopic (exact) mass is 512 g/mol. The Bertz CT molecular complexity index is 1160. The van der Waals surface area contributed by atoms with Gasteiger partial charge in [-0.05, 0) is 54.4 Å². The second-order valence-electron chi connectivity index (χ2n) is 7.32. The Balaban J connectivity index is 1.82. The van der Waals surface area contributed by atoms with E-state index in [1.807, 2.05) is 37.3 Å². The largest absolute Gasteiger partial charge is 0.490 e. The number of carbonyl (C=O) groups is 1. The number of rotatable bonds is 10. The predicted octanol–water partition coefficient (Wildman–Crippen LogP) is 5.22. The van der Waals surface area contributed by atoms with E-state index in [0.717, 1.165) is 5.56 Å². The highest BCUT2D eigenvalue weighted by molar-refractivity contribution is 9.10. The lowest BCUT2D eigenvalue weighted by Crippen LogP contribution is -2.27. The molecule has 1 aromatic heterocycles. The molecule has 3 N–H and O–H groups in total. The number of ether oxygens (including phenoxy) is 2. The highest BCUT2D eigenvalue weighted by Gasteiger charge is 2.24. The topological polar surface area (TPSA) is 128 Å². The Hall–Kier alpha value is -3.53. The molecule has 10 heteroatoms. The van der Waals surface area contributed by atoms with E-state index in [0.29, 0.717) is 45.1 Å². The van der Waals surface area contributed by atoms with E-state index in [1.165, 1.54) is 5.01 Å². The summed E-state index contributed by atoms with van der Waals surface area (Å²) in [5.41, 5.74) is 10.2. The second-order valence-corrected chi connectivity index (χ2v) is 8.18. The third-order valence-corrected chi connectivity index (χ3v) is 5.65. The maximum Gasteiger partial charge on any atom is 0.221 e. The molecule has 0 aliphatic carbocycles. The number of carbonyl (C=O) groups excluding carboxylic acids is 1. The molecule has 3 rings (SSSR count). The fourth-order valence-electron chi connectivity index (χ4n) is 3.26. The van der Waals surface area contributed by atoms with Gasteiger partial charge in [-0.15, -0.1) is 0 Å². The standard InChI is InChI=1S/C23H25BrN6O3/c1-14-18(9-10-19(24)22(14)32-12-11-30(29-26)16(3)25)21(31)20-15(2)27-28-23(20)33-13-17-7-5-4-6-8-17/h4-10,25-26H,11-13H2,1-3H3,(H,27,28). The number of halogens is 1. The zero-order valence-electron chi connectivity index (χ0n) is 18.6. The van der Waals surface area contributed by atoms with E-state index in [4.69, 9.17) is 20.4 Å². The highest BCUT2D eigenvalue weighted by Crippen LogP contribution is 2.34. The van der Waals surface area contributed by atoms with Crippen molar-refractivity contribution in [3.05, 3.63) is 74.9 Å². The van der Waals surface area contributed by atoms with Crippen molar-refractivity contribution in [2.75, 3.05) is 13.2 Å². The Morgan fingerprint density at radius 1 is 1.18 bits per heavy atom. The summed E-state index contributed by atoms with van der Waals surface area (Å²) in [5, 5.41) is 19.1.